The summed E-state index contributed by atoms with van der Waals surface area (Å²) >= 11 is 3.17. The molecule has 1 aliphatic carbocycles. The molecular formula is C13H16BrNO3. The summed E-state index contributed by atoms with van der Waals surface area (Å²) in [6.07, 6.45) is 0.197. The Hall–Kier alpha value is -1.07. The maximum absolute atomic E-state index is 12.0. The lowest BCUT2D eigenvalue weighted by Crippen LogP contribution is -2.61. The molecule has 4 nitrogen and oxygen atoms in total. The van der Waals surface area contributed by atoms with Crippen LogP contribution in [0.1, 0.15) is 30.6 Å². The standard InChI is InChI=1S/C13H16BrNO3/c1-13(2)10(6-11(13)17)15-12(18)7-3-4-8(14)9(16)5-7/h3-5,10-11,16-17H,6H2,1-2H3,(H,15,18). The number of phenols is 1. The Morgan fingerprint density at radius 3 is 2.67 bits per heavy atom. The highest BCUT2D eigenvalue weighted by atomic mass is 79.9. The lowest BCUT2D eigenvalue weighted by molar-refractivity contribution is -0.0689. The molecule has 0 aliphatic heterocycles. The van der Waals surface area contributed by atoms with Gasteiger partial charge in [-0.2, -0.15) is 0 Å². The molecule has 0 aromatic heterocycles. The monoisotopic (exact) mass is 313 g/mol. The van der Waals surface area contributed by atoms with Crippen LogP contribution in [-0.2, 0) is 0 Å². The van der Waals surface area contributed by atoms with Crippen LogP contribution in [0.2, 0.25) is 0 Å². The van der Waals surface area contributed by atoms with Gasteiger partial charge in [0.05, 0.1) is 10.6 Å². The Labute approximate surface area is 114 Å². The fourth-order valence-corrected chi connectivity index (χ4v) is 2.29. The Morgan fingerprint density at radius 1 is 1.50 bits per heavy atom. The molecule has 1 amide bonds. The predicted molar refractivity (Wildman–Crippen MR) is 71.5 cm³/mol. The number of rotatable bonds is 2. The minimum atomic E-state index is -0.374. The molecule has 0 heterocycles. The van der Waals surface area contributed by atoms with Crippen molar-refractivity contribution >= 4 is 21.8 Å². The second-order valence-corrected chi connectivity index (χ2v) is 6.12. The summed E-state index contributed by atoms with van der Waals surface area (Å²) in [5, 5.41) is 22.0. The topological polar surface area (TPSA) is 69.6 Å². The minimum Gasteiger partial charge on any atom is -0.507 e. The third-order valence-corrected chi connectivity index (χ3v) is 4.40. The van der Waals surface area contributed by atoms with E-state index < -0.39 is 0 Å². The van der Waals surface area contributed by atoms with E-state index in [-0.39, 0.29) is 29.2 Å². The molecule has 18 heavy (non-hydrogen) atoms. The van der Waals surface area contributed by atoms with Gasteiger partial charge in [0.2, 0.25) is 0 Å². The zero-order chi connectivity index (χ0) is 13.5. The third kappa shape index (κ3) is 2.24. The smallest absolute Gasteiger partial charge is 0.251 e. The molecule has 1 aromatic carbocycles. The first-order chi connectivity index (χ1) is 8.32. The SMILES string of the molecule is CC1(C)C(O)CC1NC(=O)c1ccc(Br)c(O)c1. The maximum Gasteiger partial charge on any atom is 0.251 e. The fraction of sp³-hybridized carbons (Fsp3) is 0.462. The molecule has 2 unspecified atom stereocenters. The highest BCUT2D eigenvalue weighted by Gasteiger charge is 2.47. The van der Waals surface area contributed by atoms with Crippen LogP contribution in [0, 0.1) is 5.41 Å². The van der Waals surface area contributed by atoms with Crippen LogP contribution in [0.25, 0.3) is 0 Å². The van der Waals surface area contributed by atoms with E-state index in [4.69, 9.17) is 0 Å². The van der Waals surface area contributed by atoms with Gasteiger partial charge in [-0.3, -0.25) is 4.79 Å². The van der Waals surface area contributed by atoms with E-state index in [1.165, 1.54) is 6.07 Å². The van der Waals surface area contributed by atoms with Gasteiger partial charge in [-0.25, -0.2) is 0 Å². The predicted octanol–water partition coefficient (Wildman–Crippen LogP) is 2.04. The van der Waals surface area contributed by atoms with E-state index in [0.717, 1.165) is 0 Å². The van der Waals surface area contributed by atoms with Crippen LogP contribution in [0.3, 0.4) is 0 Å². The van der Waals surface area contributed by atoms with E-state index >= 15 is 0 Å². The Morgan fingerprint density at radius 2 is 2.17 bits per heavy atom. The largest absolute Gasteiger partial charge is 0.507 e. The summed E-state index contributed by atoms with van der Waals surface area (Å²) < 4.78 is 0.554. The lowest BCUT2D eigenvalue weighted by Gasteiger charge is -2.49. The van der Waals surface area contributed by atoms with Crippen LogP contribution in [0.15, 0.2) is 22.7 Å². The first kappa shape index (κ1) is 13.4. The number of hydrogen-bond acceptors (Lipinski definition) is 3. The molecule has 0 bridgehead atoms. The van der Waals surface area contributed by atoms with Crippen molar-refractivity contribution in [3.05, 3.63) is 28.2 Å². The van der Waals surface area contributed by atoms with E-state index in [2.05, 4.69) is 21.2 Å². The molecule has 3 N–H and O–H groups in total. The number of phenolic OH excluding ortho intramolecular Hbond substituents is 1. The van der Waals surface area contributed by atoms with Crippen LogP contribution in [0.4, 0.5) is 0 Å². The average Bonchev–Trinajstić information content (AvgIpc) is 2.32. The summed E-state index contributed by atoms with van der Waals surface area (Å²) in [5.74, 6) is -0.196. The normalized spacial score (nSPS) is 25.3. The molecular weight excluding hydrogens is 298 g/mol. The van der Waals surface area contributed by atoms with Crippen molar-refractivity contribution in [3.63, 3.8) is 0 Å². The molecule has 0 saturated heterocycles. The summed E-state index contributed by atoms with van der Waals surface area (Å²) in [6.45, 7) is 3.84. The van der Waals surface area contributed by atoms with Crippen molar-refractivity contribution in [2.45, 2.75) is 32.4 Å². The molecule has 1 saturated carbocycles. The number of carbonyl (C=O) groups is 1. The minimum absolute atomic E-state index is 0.0363. The number of nitrogens with one attached hydrogen (secondary N) is 1. The molecule has 1 aromatic rings. The van der Waals surface area contributed by atoms with Crippen LogP contribution >= 0.6 is 15.9 Å². The van der Waals surface area contributed by atoms with Crippen LogP contribution < -0.4 is 5.32 Å². The zero-order valence-corrected chi connectivity index (χ0v) is 11.9. The van der Waals surface area contributed by atoms with Gasteiger partial charge >= 0.3 is 0 Å². The summed E-state index contributed by atoms with van der Waals surface area (Å²) in [6, 6.07) is 4.65. The number of benzene rings is 1. The number of halogens is 1. The maximum atomic E-state index is 12.0. The number of aliphatic hydroxyl groups excluding tert-OH is 1. The van der Waals surface area contributed by atoms with Gasteiger partial charge in [-0.05, 0) is 40.5 Å². The van der Waals surface area contributed by atoms with Gasteiger partial charge in [-0.1, -0.05) is 13.8 Å². The average molecular weight is 314 g/mol. The van der Waals surface area contributed by atoms with Gasteiger partial charge < -0.3 is 15.5 Å². The molecule has 2 atom stereocenters. The van der Waals surface area contributed by atoms with E-state index in [0.29, 0.717) is 16.5 Å². The second kappa shape index (κ2) is 4.55. The van der Waals surface area contributed by atoms with Gasteiger partial charge in [0.1, 0.15) is 5.75 Å². The number of amides is 1. The first-order valence-corrected chi connectivity index (χ1v) is 6.59. The fourth-order valence-electron chi connectivity index (χ4n) is 2.04. The molecule has 98 valence electrons. The van der Waals surface area contributed by atoms with Crippen molar-refractivity contribution < 1.29 is 15.0 Å². The van der Waals surface area contributed by atoms with Gasteiger partial charge in [0.15, 0.2) is 0 Å². The van der Waals surface area contributed by atoms with Gasteiger partial charge in [0, 0.05) is 17.0 Å². The van der Waals surface area contributed by atoms with Crippen molar-refractivity contribution in [2.24, 2.45) is 5.41 Å². The Bertz CT molecular complexity index is 487. The van der Waals surface area contributed by atoms with Crippen molar-refractivity contribution in [3.8, 4) is 5.75 Å². The molecule has 2 rings (SSSR count). The van der Waals surface area contributed by atoms with Crippen molar-refractivity contribution in [1.82, 2.24) is 5.32 Å². The second-order valence-electron chi connectivity index (χ2n) is 5.27. The summed E-state index contributed by atoms with van der Waals surface area (Å²) in [4.78, 5) is 12.0. The van der Waals surface area contributed by atoms with Gasteiger partial charge in [-0.15, -0.1) is 0 Å². The number of aromatic hydroxyl groups is 1. The Balaban J connectivity index is 2.07. The first-order valence-electron chi connectivity index (χ1n) is 5.80. The quantitative estimate of drug-likeness (QED) is 0.782. The number of hydrogen-bond donors (Lipinski definition) is 3. The van der Waals surface area contributed by atoms with Crippen LogP contribution in [0.5, 0.6) is 5.75 Å². The summed E-state index contributed by atoms with van der Waals surface area (Å²) in [5.41, 5.74) is 0.112. The number of aliphatic hydroxyl groups is 1. The zero-order valence-electron chi connectivity index (χ0n) is 10.3. The van der Waals surface area contributed by atoms with Gasteiger partial charge in [0.25, 0.3) is 5.91 Å². The van der Waals surface area contributed by atoms with Crippen LogP contribution in [-0.4, -0.2) is 28.3 Å². The molecule has 1 aliphatic rings. The molecule has 5 heteroatoms. The van der Waals surface area contributed by atoms with Crippen molar-refractivity contribution in [2.75, 3.05) is 0 Å². The highest BCUT2D eigenvalue weighted by Crippen LogP contribution is 2.40. The van der Waals surface area contributed by atoms with E-state index in [9.17, 15) is 15.0 Å². The third-order valence-electron chi connectivity index (χ3n) is 3.73. The highest BCUT2D eigenvalue weighted by molar-refractivity contribution is 9.10. The molecule has 0 spiro atoms. The van der Waals surface area contributed by atoms with E-state index in [1.807, 2.05) is 13.8 Å². The van der Waals surface area contributed by atoms with E-state index in [1.54, 1.807) is 12.1 Å². The number of carbonyl (C=O) groups excluding carboxylic acids is 1. The Kier molecular flexibility index (Phi) is 3.38. The van der Waals surface area contributed by atoms with Crippen molar-refractivity contribution in [1.29, 1.82) is 0 Å². The molecule has 0 radical (unpaired) electrons. The lowest BCUT2D eigenvalue weighted by atomic mass is 9.64. The molecule has 1 fully saturated rings. The summed E-state index contributed by atoms with van der Waals surface area (Å²) in [7, 11) is 0.